The Morgan fingerprint density at radius 1 is 0.403 bits per heavy atom. The average Bonchev–Trinajstić information content (AvgIpc) is 1.49. The van der Waals surface area contributed by atoms with Crippen molar-refractivity contribution in [3.8, 4) is 0 Å². The lowest BCUT2D eigenvalue weighted by molar-refractivity contribution is -0.134. The lowest BCUT2D eigenvalue weighted by Crippen LogP contribution is -2.53. The highest BCUT2D eigenvalue weighted by Gasteiger charge is 2.78. The minimum absolute atomic E-state index is 0.0215. The van der Waals surface area contributed by atoms with Gasteiger partial charge in [0.05, 0.1) is 24.4 Å². The predicted octanol–water partition coefficient (Wildman–Crippen LogP) is 18.0. The van der Waals surface area contributed by atoms with Gasteiger partial charge in [-0.05, 0) is 292 Å². The third-order valence-corrected chi connectivity index (χ3v) is 37.4. The van der Waals surface area contributed by atoms with Gasteiger partial charge in [-0.2, -0.15) is 0 Å². The number of hydrogen-bond donors (Lipinski definition) is 12. The van der Waals surface area contributed by atoms with Crippen LogP contribution in [0.5, 0.6) is 0 Å². The second-order valence-corrected chi connectivity index (χ2v) is 42.8. The number of allylic oxidation sites excluding steroid dienone is 2. The number of rotatable bonds is 16. The van der Waals surface area contributed by atoms with Crippen molar-refractivity contribution >= 4 is 11.5 Å². The van der Waals surface area contributed by atoms with E-state index in [0.717, 1.165) is 102 Å². The van der Waals surface area contributed by atoms with Crippen molar-refractivity contribution < 1.29 is 70.8 Å². The van der Waals surface area contributed by atoms with Crippen LogP contribution < -0.4 is 0 Å². The number of benzene rings is 4. The van der Waals surface area contributed by atoms with E-state index in [1.807, 2.05) is 24.3 Å². The molecule has 0 unspecified atom stereocenters. The maximum absolute atomic E-state index is 11.2. The maximum atomic E-state index is 11.2. The smallest absolute Gasteiger partial charge is 0.300 e. The number of ether oxygens (including phenoxy) is 1. The molecular weight excluding hydrogens is 1490 g/mol. The molecule has 0 aromatic heterocycles. The Kier molecular flexibility index (Phi) is 28.5. The first-order chi connectivity index (χ1) is 56.8. The van der Waals surface area contributed by atoms with Crippen molar-refractivity contribution in [3.63, 3.8) is 0 Å². The molecule has 14 heteroatoms. The molecular formula is C105H154O14. The molecule has 13 aliphatic rings. The van der Waals surface area contributed by atoms with E-state index in [1.165, 1.54) is 89.5 Å². The largest absolute Gasteiger partial charge is 0.481 e. The zero-order valence-corrected chi connectivity index (χ0v) is 74.6. The molecule has 30 atom stereocenters. The van der Waals surface area contributed by atoms with Crippen LogP contribution in [0.4, 0.5) is 0 Å². The molecule has 1 aliphatic heterocycles. The minimum atomic E-state index is -0.833. The molecule has 119 heavy (non-hydrogen) atoms. The Bertz CT molecular complexity index is 3980. The first-order valence-corrected chi connectivity index (χ1v) is 46.9. The molecule has 4 aromatic rings. The van der Waals surface area contributed by atoms with Crippen LogP contribution in [-0.2, 0) is 26.0 Å². The summed E-state index contributed by atoms with van der Waals surface area (Å²) in [4.78, 5) is 9.00. The minimum Gasteiger partial charge on any atom is -0.481 e. The van der Waals surface area contributed by atoms with Crippen LogP contribution in [0.15, 0.2) is 150 Å². The lowest BCUT2D eigenvalue weighted by atomic mass is 9.48. The predicted molar refractivity (Wildman–Crippen MR) is 473 cm³/mol. The van der Waals surface area contributed by atoms with Crippen molar-refractivity contribution in [2.75, 3.05) is 52.9 Å². The van der Waals surface area contributed by atoms with E-state index in [2.05, 4.69) is 179 Å². The third kappa shape index (κ3) is 16.4. The second-order valence-electron chi connectivity index (χ2n) is 42.8. The standard InChI is InChI=1S/2C26H38O3.C26H38O2.C25H36O4.C2H4O2/c1-17-9-11-24(2,19(13-17)15-27)21-10-12-25(3)22(20(21)16-28)14-23-26(25,29-23)18-7-5-4-6-8-18;1-17-11-12-25(2,19(13-17)15-27)22-9-10-23-20(21(22)16-28)14-24(29)26(23,3)18-7-5-4-6-8-18;1-18-11-13-25(2,20(15-18)16-27)24-12-14-26(3)22(19-7-5-4-6-8-19)9-10-23(26)21(24)17-28;1-24(11-10-18(28)12-17(24)14-26)21-8-9-22-19(20(21)15-27)13-23(29)25(22,2)16-6-4-3-5-7-16;1-2(3)4/h4-8,17,19-23,27-28H,9-16H2,1-3H3;4-8,17,19,21-22,24,27-29H,9-16H2,1-3H3;4-9,18,20-21,23-24,27-28H,10-17H2,1-3H3;3-7,17-18,20-21,23,26-29H,8-15H2,1-2H3;1H3,(H,3,4)/t17-,19+,20+,21-,22-,23+,24-,25-,26+;17-,19+,21-,22-,24+,25-,26-;18-,20+,21-,23-,24-,25-,26+;17-,18+,20+,21+,23-,24+,25+;/m0001./s1. The summed E-state index contributed by atoms with van der Waals surface area (Å²) in [6.45, 7) is 28.4. The van der Waals surface area contributed by atoms with Gasteiger partial charge in [0, 0.05) is 87.9 Å². The van der Waals surface area contributed by atoms with Crippen LogP contribution in [0, 0.1) is 133 Å². The molecule has 17 rings (SSSR count). The van der Waals surface area contributed by atoms with Gasteiger partial charge >= 0.3 is 0 Å². The molecule has 1 saturated heterocycles. The number of epoxide rings is 1. The van der Waals surface area contributed by atoms with Gasteiger partial charge in [-0.1, -0.05) is 231 Å². The number of hydrogen-bond acceptors (Lipinski definition) is 13. The first-order valence-electron chi connectivity index (χ1n) is 46.9. The summed E-state index contributed by atoms with van der Waals surface area (Å²) in [6, 6.07) is 42.3. The number of carbonyl (C=O) groups is 1. The van der Waals surface area contributed by atoms with Gasteiger partial charge in [-0.15, -0.1) is 0 Å². The van der Waals surface area contributed by atoms with Gasteiger partial charge in [-0.3, -0.25) is 4.79 Å². The van der Waals surface area contributed by atoms with Crippen LogP contribution >= 0.6 is 0 Å². The fraction of sp³-hybridized carbons (Fsp3) is 0.705. The Morgan fingerprint density at radius 3 is 1.18 bits per heavy atom. The van der Waals surface area contributed by atoms with Crippen molar-refractivity contribution in [3.05, 3.63) is 172 Å². The lowest BCUT2D eigenvalue weighted by Gasteiger charge is -2.57. The van der Waals surface area contributed by atoms with E-state index in [9.17, 15) is 56.2 Å². The number of carboxylic acids is 1. The quantitative estimate of drug-likeness (QED) is 0.0368. The number of fused-ring (bicyclic) bond motifs is 4. The van der Waals surface area contributed by atoms with Gasteiger partial charge in [0.25, 0.3) is 5.97 Å². The van der Waals surface area contributed by atoms with Crippen molar-refractivity contribution in [1.29, 1.82) is 0 Å². The van der Waals surface area contributed by atoms with E-state index < -0.39 is 23.6 Å². The van der Waals surface area contributed by atoms with E-state index in [1.54, 1.807) is 0 Å². The maximum Gasteiger partial charge on any atom is 0.300 e. The summed E-state index contributed by atoms with van der Waals surface area (Å²) in [7, 11) is 0. The Hall–Kier alpha value is -4.91. The molecule has 8 fully saturated rings. The number of aliphatic hydroxyl groups is 11. The molecule has 0 amide bonds. The summed E-state index contributed by atoms with van der Waals surface area (Å²) in [5.74, 6) is 5.81. The molecule has 658 valence electrons. The monoisotopic (exact) mass is 1640 g/mol. The van der Waals surface area contributed by atoms with Gasteiger partial charge in [0.1, 0.15) is 5.60 Å². The number of aliphatic carboxylic acids is 1. The van der Waals surface area contributed by atoms with Gasteiger partial charge < -0.3 is 66.0 Å². The molecule has 4 aromatic carbocycles. The zero-order valence-electron chi connectivity index (χ0n) is 74.6. The topological polar surface area (TPSA) is 272 Å². The van der Waals surface area contributed by atoms with E-state index >= 15 is 0 Å². The molecule has 0 spiro atoms. The second kappa shape index (κ2) is 37.0. The molecule has 12 N–H and O–H groups in total. The Balaban J connectivity index is 0.000000135. The fourth-order valence-electron chi connectivity index (χ4n) is 29.9. The molecule has 14 nitrogen and oxygen atoms in total. The van der Waals surface area contributed by atoms with E-state index in [0.29, 0.717) is 109 Å². The third-order valence-electron chi connectivity index (χ3n) is 37.4. The highest BCUT2D eigenvalue weighted by atomic mass is 16.6. The van der Waals surface area contributed by atoms with Crippen LogP contribution in [0.2, 0.25) is 0 Å². The van der Waals surface area contributed by atoms with Gasteiger partial charge in [0.15, 0.2) is 0 Å². The molecule has 1 heterocycles. The highest BCUT2D eigenvalue weighted by molar-refractivity contribution is 5.73. The molecule has 0 radical (unpaired) electrons. The van der Waals surface area contributed by atoms with Crippen molar-refractivity contribution in [2.24, 2.45) is 133 Å². The van der Waals surface area contributed by atoms with Crippen LogP contribution in [0.3, 0.4) is 0 Å². The van der Waals surface area contributed by atoms with Crippen molar-refractivity contribution in [2.45, 2.75) is 278 Å². The van der Waals surface area contributed by atoms with Crippen molar-refractivity contribution in [1.82, 2.24) is 0 Å². The van der Waals surface area contributed by atoms with E-state index in [-0.39, 0.29) is 120 Å². The molecule has 0 bridgehead atoms. The van der Waals surface area contributed by atoms with Gasteiger partial charge in [0.2, 0.25) is 0 Å². The van der Waals surface area contributed by atoms with Crippen LogP contribution in [0.25, 0.3) is 5.57 Å². The zero-order chi connectivity index (χ0) is 85.6. The fourth-order valence-corrected chi connectivity index (χ4v) is 29.9. The molecule has 7 saturated carbocycles. The molecule has 12 aliphatic carbocycles. The van der Waals surface area contributed by atoms with Crippen LogP contribution in [0.1, 0.15) is 259 Å². The first kappa shape index (κ1) is 91.8. The summed E-state index contributed by atoms with van der Waals surface area (Å²) >= 11 is 0. The average molecular weight is 1640 g/mol. The van der Waals surface area contributed by atoms with E-state index in [4.69, 9.17) is 14.6 Å². The normalized spacial score (nSPS) is 43.8. The summed E-state index contributed by atoms with van der Waals surface area (Å²) < 4.78 is 6.43. The SMILES string of the molecule is CC(=O)O.C[C@H]1CC[C@](C)([C@H]2CCC3=C(C[C@@H](O)[C@@]3(C)c3ccccc3)[C@@H]2CO)[C@@H](CO)C1.C[C@H]1CC[C@](C)([C@H]2CC[C@@]3(C)[C@@H](C[C@H]4O[C@]43c3ccccc3)[C@@H]2CO)[C@@H](CO)C1.C[C@H]1CC[C@](C)([C@H]2CC[C@]3(C)C(c4ccccc4)=CC[C@H]3[C@@H]2CO)[C@@H](CO)C1.C[C@]1([C@H]2CCC3=C(C[C@@H](O)[C@@]3(C)c3ccccc3)[C@@H]2CO)CC[C@H](O)C[C@@H]1CO. The van der Waals surface area contributed by atoms with Crippen LogP contribution in [-0.4, -0.2) is 145 Å². The Morgan fingerprint density at radius 2 is 0.773 bits per heavy atom. The Labute approximate surface area is 714 Å². The summed E-state index contributed by atoms with van der Waals surface area (Å²) in [6.07, 6.45) is 26.4. The van der Waals surface area contributed by atoms with Gasteiger partial charge in [-0.25, -0.2) is 0 Å². The summed E-state index contributed by atoms with van der Waals surface area (Å²) in [5, 5.41) is 123. The summed E-state index contributed by atoms with van der Waals surface area (Å²) in [5.41, 5.74) is 11.4. The highest BCUT2D eigenvalue weighted by Crippen LogP contribution is 2.76. The number of carboxylic acid groups (broad SMARTS) is 1. The number of aliphatic hydroxyl groups excluding tert-OH is 11.